The van der Waals surface area contributed by atoms with Gasteiger partial charge in [0.05, 0.1) is 22.3 Å². The quantitative estimate of drug-likeness (QED) is 0.479. The van der Waals surface area contributed by atoms with Crippen molar-refractivity contribution in [1.82, 2.24) is 24.6 Å². The second-order valence-electron chi connectivity index (χ2n) is 7.99. The average molecular weight is 455 g/mol. The number of rotatable bonds is 5. The minimum atomic E-state index is -4.45. The maximum absolute atomic E-state index is 13.3. The van der Waals surface area contributed by atoms with Crippen LogP contribution in [0.4, 0.5) is 13.2 Å². The van der Waals surface area contributed by atoms with Crippen LogP contribution in [-0.2, 0) is 17.4 Å². The van der Waals surface area contributed by atoms with Gasteiger partial charge in [0.25, 0.3) is 5.56 Å². The van der Waals surface area contributed by atoms with Gasteiger partial charge < -0.3 is 9.88 Å². The Kier molecular flexibility index (Phi) is 5.07. The van der Waals surface area contributed by atoms with Gasteiger partial charge in [-0.2, -0.15) is 17.9 Å². The maximum atomic E-state index is 13.3. The van der Waals surface area contributed by atoms with Gasteiger partial charge in [-0.05, 0) is 42.7 Å². The van der Waals surface area contributed by atoms with Crippen LogP contribution in [0.5, 0.6) is 0 Å². The molecule has 2 N–H and O–H groups in total. The first-order chi connectivity index (χ1) is 15.8. The van der Waals surface area contributed by atoms with Crippen molar-refractivity contribution < 1.29 is 18.0 Å². The van der Waals surface area contributed by atoms with Crippen molar-refractivity contribution in [3.63, 3.8) is 0 Å². The molecular formula is C23H20F3N5O2. The Morgan fingerprint density at radius 3 is 2.45 bits per heavy atom. The molecule has 1 aliphatic rings. The average Bonchev–Trinajstić information content (AvgIpc) is 3.48. The van der Waals surface area contributed by atoms with Crippen LogP contribution in [0.15, 0.2) is 53.3 Å². The number of para-hydroxylation sites is 2. The molecule has 5 rings (SSSR count). The fourth-order valence-corrected chi connectivity index (χ4v) is 4.15. The molecule has 0 unspecified atom stereocenters. The van der Waals surface area contributed by atoms with Crippen molar-refractivity contribution in [3.05, 3.63) is 70.0 Å². The van der Waals surface area contributed by atoms with Gasteiger partial charge in [0, 0.05) is 25.1 Å². The first kappa shape index (κ1) is 21.0. The predicted molar refractivity (Wildman–Crippen MR) is 116 cm³/mol. The SMILES string of the molecule is O=C1CCCN1CCc1c(-c2ccc(C(F)(F)F)cc2)[nH]n(-c2nc3ccccc3[nH]2)c1=O. The van der Waals surface area contributed by atoms with Crippen molar-refractivity contribution in [1.29, 1.82) is 0 Å². The van der Waals surface area contributed by atoms with E-state index in [1.807, 2.05) is 18.2 Å². The van der Waals surface area contributed by atoms with Crippen molar-refractivity contribution in [3.8, 4) is 17.2 Å². The Bertz CT molecular complexity index is 1350. The molecule has 1 aliphatic heterocycles. The fraction of sp³-hybridized carbons (Fsp3) is 0.261. The summed E-state index contributed by atoms with van der Waals surface area (Å²) in [5, 5.41) is 3.01. The van der Waals surface area contributed by atoms with Crippen LogP contribution in [0.3, 0.4) is 0 Å². The van der Waals surface area contributed by atoms with Gasteiger partial charge in [-0.25, -0.2) is 4.98 Å². The number of carbonyl (C=O) groups is 1. The largest absolute Gasteiger partial charge is 0.416 e. The molecule has 0 radical (unpaired) electrons. The van der Waals surface area contributed by atoms with E-state index in [9.17, 15) is 22.8 Å². The van der Waals surface area contributed by atoms with Crippen LogP contribution in [-0.4, -0.2) is 43.6 Å². The standard InChI is InChI=1S/C23H20F3N5O2/c24-23(25,26)15-9-7-14(8-10-15)20-16(11-13-30-12-3-6-19(30)32)21(33)31(29-20)22-27-17-4-1-2-5-18(17)28-22/h1-2,4-5,7-10,29H,3,6,11-13H2,(H,27,28). The van der Waals surface area contributed by atoms with Crippen molar-refractivity contribution in [2.75, 3.05) is 13.1 Å². The lowest BCUT2D eigenvalue weighted by atomic mass is 10.0. The van der Waals surface area contributed by atoms with E-state index >= 15 is 0 Å². The topological polar surface area (TPSA) is 86.8 Å². The number of H-pyrrole nitrogens is 2. The van der Waals surface area contributed by atoms with Crippen LogP contribution >= 0.6 is 0 Å². The van der Waals surface area contributed by atoms with E-state index in [0.717, 1.165) is 24.1 Å². The Hall–Kier alpha value is -3.82. The molecule has 1 saturated heterocycles. The van der Waals surface area contributed by atoms with E-state index in [2.05, 4.69) is 15.1 Å². The van der Waals surface area contributed by atoms with Crippen molar-refractivity contribution in [2.24, 2.45) is 0 Å². The normalized spacial score (nSPS) is 14.5. The van der Waals surface area contributed by atoms with Gasteiger partial charge in [0.15, 0.2) is 0 Å². The molecule has 10 heteroatoms. The zero-order chi connectivity index (χ0) is 23.2. The number of hydrogen-bond acceptors (Lipinski definition) is 3. The number of aromatic nitrogens is 4. The molecule has 7 nitrogen and oxygen atoms in total. The lowest BCUT2D eigenvalue weighted by molar-refractivity contribution is -0.137. The number of imidazole rings is 1. The zero-order valence-electron chi connectivity index (χ0n) is 17.4. The highest BCUT2D eigenvalue weighted by atomic mass is 19.4. The summed E-state index contributed by atoms with van der Waals surface area (Å²) in [6, 6.07) is 11.9. The third kappa shape index (κ3) is 3.92. The summed E-state index contributed by atoms with van der Waals surface area (Å²) in [4.78, 5) is 34.6. The van der Waals surface area contributed by atoms with Gasteiger partial charge in [-0.1, -0.05) is 24.3 Å². The smallest absolute Gasteiger partial charge is 0.342 e. The van der Waals surface area contributed by atoms with Gasteiger partial charge in [0.1, 0.15) is 0 Å². The summed E-state index contributed by atoms with van der Waals surface area (Å²) >= 11 is 0. The van der Waals surface area contributed by atoms with Crippen LogP contribution < -0.4 is 5.56 Å². The summed E-state index contributed by atoms with van der Waals surface area (Å²) in [5.41, 5.74) is 1.52. The van der Waals surface area contributed by atoms with E-state index in [-0.39, 0.29) is 23.8 Å². The molecule has 0 bridgehead atoms. The van der Waals surface area contributed by atoms with Crippen LogP contribution in [0.2, 0.25) is 0 Å². The zero-order valence-corrected chi connectivity index (χ0v) is 17.4. The number of halogens is 3. The minimum Gasteiger partial charge on any atom is -0.342 e. The van der Waals surface area contributed by atoms with Crippen LogP contribution in [0.25, 0.3) is 28.2 Å². The molecule has 2 aromatic carbocycles. The fourth-order valence-electron chi connectivity index (χ4n) is 4.15. The monoisotopic (exact) mass is 455 g/mol. The lowest BCUT2D eigenvalue weighted by Gasteiger charge is -2.15. The molecule has 0 saturated carbocycles. The van der Waals surface area contributed by atoms with Gasteiger partial charge in [0.2, 0.25) is 11.9 Å². The van der Waals surface area contributed by atoms with Crippen molar-refractivity contribution >= 4 is 16.9 Å². The van der Waals surface area contributed by atoms with E-state index < -0.39 is 11.7 Å². The number of nitrogens with one attached hydrogen (secondary N) is 2. The summed E-state index contributed by atoms with van der Waals surface area (Å²) in [6.45, 7) is 0.996. The Morgan fingerprint density at radius 2 is 1.79 bits per heavy atom. The number of likely N-dealkylation sites (tertiary alicyclic amines) is 1. The summed E-state index contributed by atoms with van der Waals surface area (Å²) in [7, 11) is 0. The van der Waals surface area contributed by atoms with Gasteiger partial charge >= 0.3 is 6.18 Å². The number of nitrogens with zero attached hydrogens (tertiary/aromatic N) is 3. The van der Waals surface area contributed by atoms with Gasteiger partial charge in [-0.15, -0.1) is 0 Å². The predicted octanol–water partition coefficient (Wildman–Crippen LogP) is 3.89. The molecule has 0 atom stereocenters. The highest BCUT2D eigenvalue weighted by Crippen LogP contribution is 2.31. The molecule has 1 fully saturated rings. The third-order valence-electron chi connectivity index (χ3n) is 5.88. The van der Waals surface area contributed by atoms with Crippen LogP contribution in [0, 0.1) is 0 Å². The molecule has 4 aromatic rings. The minimum absolute atomic E-state index is 0.0409. The number of carbonyl (C=O) groups excluding carboxylic acids is 1. The lowest BCUT2D eigenvalue weighted by Crippen LogP contribution is -2.28. The van der Waals surface area contributed by atoms with E-state index in [1.54, 1.807) is 11.0 Å². The number of benzene rings is 2. The second-order valence-corrected chi connectivity index (χ2v) is 7.99. The molecule has 0 spiro atoms. The highest BCUT2D eigenvalue weighted by molar-refractivity contribution is 5.78. The molecule has 33 heavy (non-hydrogen) atoms. The second kappa shape index (κ2) is 7.95. The molecule has 0 aliphatic carbocycles. The highest BCUT2D eigenvalue weighted by Gasteiger charge is 2.30. The molecular weight excluding hydrogens is 435 g/mol. The molecule has 1 amide bonds. The molecule has 170 valence electrons. The number of amides is 1. The number of hydrogen-bond donors (Lipinski definition) is 2. The molecule has 2 aromatic heterocycles. The summed E-state index contributed by atoms with van der Waals surface area (Å²) in [6.07, 6.45) is -2.92. The summed E-state index contributed by atoms with van der Waals surface area (Å²) in [5.74, 6) is 0.317. The van der Waals surface area contributed by atoms with E-state index in [0.29, 0.717) is 41.8 Å². The Morgan fingerprint density at radius 1 is 1.03 bits per heavy atom. The van der Waals surface area contributed by atoms with E-state index in [4.69, 9.17) is 0 Å². The third-order valence-corrected chi connectivity index (χ3v) is 5.88. The number of fused-ring (bicyclic) bond motifs is 1. The van der Waals surface area contributed by atoms with Gasteiger partial charge in [-0.3, -0.25) is 14.7 Å². The van der Waals surface area contributed by atoms with Crippen LogP contribution in [0.1, 0.15) is 24.0 Å². The first-order valence-electron chi connectivity index (χ1n) is 10.6. The number of aromatic amines is 2. The first-order valence-corrected chi connectivity index (χ1v) is 10.6. The number of alkyl halides is 3. The Labute approximate surface area is 185 Å². The van der Waals surface area contributed by atoms with E-state index in [1.165, 1.54) is 16.8 Å². The molecule has 3 heterocycles. The maximum Gasteiger partial charge on any atom is 0.416 e. The summed E-state index contributed by atoms with van der Waals surface area (Å²) < 4.78 is 40.3. The van der Waals surface area contributed by atoms with Crippen molar-refractivity contribution in [2.45, 2.75) is 25.4 Å². The Balaban J connectivity index is 1.57.